The Bertz CT molecular complexity index is 1600. The third kappa shape index (κ3) is 7.91. The number of primary amides is 1. The quantitative estimate of drug-likeness (QED) is 0.0629. The van der Waals surface area contributed by atoms with Gasteiger partial charge in [-0.25, -0.2) is 4.79 Å². The number of benzene rings is 1. The summed E-state index contributed by atoms with van der Waals surface area (Å²) in [5.74, 6) is -7.75. The number of aliphatic hydroxyl groups excluding tert-OH is 3. The van der Waals surface area contributed by atoms with Gasteiger partial charge in [0.15, 0.2) is 17.3 Å². The van der Waals surface area contributed by atoms with Gasteiger partial charge in [0.2, 0.25) is 6.79 Å². The number of aromatic hydroxyl groups is 1. The second kappa shape index (κ2) is 14.8. The zero-order valence-electron chi connectivity index (χ0n) is 27.4. The predicted molar refractivity (Wildman–Crippen MR) is 169 cm³/mol. The van der Waals surface area contributed by atoms with E-state index in [1.54, 1.807) is 20.8 Å². The van der Waals surface area contributed by atoms with Gasteiger partial charge in [-0.1, -0.05) is 6.08 Å². The van der Waals surface area contributed by atoms with Crippen LogP contribution in [0, 0.1) is 11.3 Å². The number of rotatable bonds is 9. The number of esters is 1. The molecule has 0 fully saturated rings. The van der Waals surface area contributed by atoms with Gasteiger partial charge < -0.3 is 35.6 Å². The van der Waals surface area contributed by atoms with Crippen LogP contribution in [0.3, 0.4) is 0 Å². The highest BCUT2D eigenvalue weighted by Gasteiger charge is 2.42. The molecule has 2 aliphatic rings. The number of phenols is 1. The van der Waals surface area contributed by atoms with Crippen LogP contribution in [-0.4, -0.2) is 112 Å². The van der Waals surface area contributed by atoms with Crippen molar-refractivity contribution in [3.8, 4) is 5.75 Å². The van der Waals surface area contributed by atoms with E-state index in [1.807, 2.05) is 0 Å². The molecule has 2 aliphatic carbocycles. The van der Waals surface area contributed by atoms with Gasteiger partial charge in [-0.3, -0.25) is 33.8 Å². The zero-order valence-corrected chi connectivity index (χ0v) is 27.4. The largest absolute Gasteiger partial charge is 0.510 e. The number of fused-ring (bicyclic) bond motifs is 2. The van der Waals surface area contributed by atoms with Crippen LogP contribution in [-0.2, 0) is 35.1 Å². The monoisotopic (exact) mass is 671 g/mol. The number of Topliss-reactive ketones (excluding diaryl/α,β-unsaturated/α-hetero) is 3. The lowest BCUT2D eigenvalue weighted by Gasteiger charge is -2.35. The first kappa shape index (κ1) is 37.4. The van der Waals surface area contributed by atoms with E-state index in [-0.39, 0.29) is 41.6 Å². The van der Waals surface area contributed by atoms with Crippen LogP contribution in [0.25, 0.3) is 5.76 Å². The molecular formula is C33H41N3O12. The van der Waals surface area contributed by atoms with Crippen molar-refractivity contribution >= 4 is 41.1 Å². The number of aliphatic hydroxyl groups is 3. The Hall–Kier alpha value is -5.02. The number of ketones is 3. The van der Waals surface area contributed by atoms with Crippen LogP contribution in [0.4, 0.5) is 4.79 Å². The average Bonchev–Trinajstić information content (AvgIpc) is 2.95. The molecule has 3 rings (SSSR count). The Morgan fingerprint density at radius 1 is 1.06 bits per heavy atom. The van der Waals surface area contributed by atoms with Gasteiger partial charge in [-0.05, 0) is 71.3 Å². The molecule has 15 nitrogen and oxygen atoms in total. The van der Waals surface area contributed by atoms with Gasteiger partial charge in [0.25, 0.3) is 5.91 Å². The van der Waals surface area contributed by atoms with Crippen molar-refractivity contribution < 1.29 is 58.7 Å². The number of ether oxygens (including phenoxy) is 2. The van der Waals surface area contributed by atoms with E-state index in [0.29, 0.717) is 0 Å². The van der Waals surface area contributed by atoms with Crippen molar-refractivity contribution in [2.45, 2.75) is 52.2 Å². The zero-order chi connectivity index (χ0) is 36.2. The molecule has 48 heavy (non-hydrogen) atoms. The van der Waals surface area contributed by atoms with E-state index in [1.165, 1.54) is 31.1 Å². The van der Waals surface area contributed by atoms with Crippen molar-refractivity contribution in [3.05, 3.63) is 58.4 Å². The summed E-state index contributed by atoms with van der Waals surface area (Å²) >= 11 is 0. The van der Waals surface area contributed by atoms with E-state index >= 15 is 0 Å². The molecule has 0 unspecified atom stereocenters. The van der Waals surface area contributed by atoms with Crippen molar-refractivity contribution in [1.82, 2.24) is 9.80 Å². The smallest absolute Gasteiger partial charge is 0.413 e. The van der Waals surface area contributed by atoms with E-state index < -0.39 is 101 Å². The molecule has 3 atom stereocenters. The fourth-order valence-corrected chi connectivity index (χ4v) is 5.74. The van der Waals surface area contributed by atoms with Crippen LogP contribution in [0.2, 0.25) is 0 Å². The summed E-state index contributed by atoms with van der Waals surface area (Å²) in [6.45, 7) is 7.03. The third-order valence-corrected chi connectivity index (χ3v) is 8.00. The summed E-state index contributed by atoms with van der Waals surface area (Å²) in [5, 5.41) is 44.4. The average molecular weight is 672 g/mol. The first-order valence-electron chi connectivity index (χ1n) is 15.0. The third-order valence-electron chi connectivity index (χ3n) is 8.00. The molecule has 0 aliphatic heterocycles. The van der Waals surface area contributed by atoms with Crippen LogP contribution < -0.4 is 5.73 Å². The Morgan fingerprint density at radius 2 is 1.71 bits per heavy atom. The molecule has 0 radical (unpaired) electrons. The highest BCUT2D eigenvalue weighted by molar-refractivity contribution is 6.25. The van der Waals surface area contributed by atoms with Crippen LogP contribution in [0.15, 0.2) is 41.7 Å². The van der Waals surface area contributed by atoms with Crippen LogP contribution >= 0.6 is 0 Å². The summed E-state index contributed by atoms with van der Waals surface area (Å²) in [4.78, 5) is 79.5. The highest BCUT2D eigenvalue weighted by Crippen LogP contribution is 2.43. The molecule has 0 bridgehead atoms. The first-order chi connectivity index (χ1) is 22.3. The Balaban J connectivity index is 2.03. The summed E-state index contributed by atoms with van der Waals surface area (Å²) in [6, 6.07) is 1.07. The Morgan fingerprint density at radius 3 is 2.27 bits per heavy atom. The molecule has 0 heterocycles. The van der Waals surface area contributed by atoms with Gasteiger partial charge in [0.1, 0.15) is 22.8 Å². The summed E-state index contributed by atoms with van der Waals surface area (Å²) < 4.78 is 9.98. The van der Waals surface area contributed by atoms with Crippen molar-refractivity contribution in [2.24, 2.45) is 17.1 Å². The Kier molecular flexibility index (Phi) is 11.6. The molecule has 260 valence electrons. The number of amides is 2. The maximum Gasteiger partial charge on any atom is 0.413 e. The van der Waals surface area contributed by atoms with E-state index in [2.05, 4.69) is 6.58 Å². The topological polar surface area (TPSA) is 234 Å². The lowest BCUT2D eigenvalue weighted by molar-refractivity contribution is -0.161. The number of nitrogens with zero attached hydrogens (tertiary/aromatic N) is 2. The number of allylic oxidation sites excluding steroid dienone is 1. The van der Waals surface area contributed by atoms with Crippen molar-refractivity contribution in [2.75, 3.05) is 34.0 Å². The summed E-state index contributed by atoms with van der Waals surface area (Å²) in [7, 11) is 2.94. The predicted octanol–water partition coefficient (Wildman–Crippen LogP) is 1.71. The maximum atomic E-state index is 13.7. The molecule has 1 aromatic rings. The number of phenolic OH excluding ortho intramolecular Hbond substituents is 1. The number of hydrogen-bond donors (Lipinski definition) is 5. The highest BCUT2D eigenvalue weighted by atomic mass is 16.7. The molecule has 6 N–H and O–H groups in total. The normalized spacial score (nSPS) is 21.6. The summed E-state index contributed by atoms with van der Waals surface area (Å²) in [6.07, 6.45) is -2.64. The summed E-state index contributed by atoms with van der Waals surface area (Å²) in [5.41, 5.74) is 3.13. The van der Waals surface area contributed by atoms with E-state index in [9.17, 15) is 49.2 Å². The molecule has 2 amide bonds. The molecule has 0 saturated heterocycles. The minimum Gasteiger partial charge on any atom is -0.510 e. The standard InChI is InChI=1S/C33H41N3O12/c1-7-10-36(32(46)48-15-47-31(45)33(2,3)4)14-23(41)17-8-9-19(37)25-18(17)11-16-12-22(40)27(35(5)6)29(43)26(30(34)44)21(39)13-20(38)24(16)28(25)42/h7-9,16,22,27,37,40,42-43H,1,10-15H2,2-6H3,(H2,34,44)/b29-26-/t16-,22-,27-/m0/s1. The van der Waals surface area contributed by atoms with Crippen molar-refractivity contribution in [3.63, 3.8) is 0 Å². The maximum absolute atomic E-state index is 13.7. The van der Waals surface area contributed by atoms with Crippen LogP contribution in [0.5, 0.6) is 5.75 Å². The molecule has 1 aromatic carbocycles. The molecule has 15 heteroatoms. The number of nitrogens with two attached hydrogens (primary N) is 1. The lowest BCUT2D eigenvalue weighted by atomic mass is 9.73. The first-order valence-corrected chi connectivity index (χ1v) is 15.0. The molecule has 0 saturated carbocycles. The second-order valence-corrected chi connectivity index (χ2v) is 12.8. The van der Waals surface area contributed by atoms with Crippen LogP contribution in [0.1, 0.15) is 55.1 Å². The molecule has 0 aromatic heterocycles. The SMILES string of the molecule is C=CCN(CC(=O)c1ccc(O)c2c1C[C@H]1C[C@H](O)[C@H](N(C)C)/C(O)=C(/C(N)=O)C(=O)CC(=O)C1=C2O)C(=O)OCOC(=O)C(C)(C)C. The lowest BCUT2D eigenvalue weighted by Crippen LogP contribution is -2.45. The molecular weight excluding hydrogens is 630 g/mol. The minimum absolute atomic E-state index is 0.0348. The van der Waals surface area contributed by atoms with Gasteiger partial charge >= 0.3 is 12.1 Å². The van der Waals surface area contributed by atoms with E-state index in [0.717, 1.165) is 11.0 Å². The van der Waals surface area contributed by atoms with Gasteiger partial charge in [0.05, 0.1) is 36.1 Å². The van der Waals surface area contributed by atoms with Crippen molar-refractivity contribution in [1.29, 1.82) is 0 Å². The fraction of sp³-hybridized carbons (Fsp3) is 0.455. The number of likely N-dealkylation sites (N-methyl/N-ethyl adjacent to an activating group) is 1. The number of hydrogen-bond acceptors (Lipinski definition) is 13. The van der Waals surface area contributed by atoms with Gasteiger partial charge in [-0.15, -0.1) is 6.58 Å². The number of carbonyl (C=O) groups is 6. The fourth-order valence-electron chi connectivity index (χ4n) is 5.74. The van der Waals surface area contributed by atoms with Gasteiger partial charge in [-0.2, -0.15) is 0 Å². The molecule has 0 spiro atoms. The van der Waals surface area contributed by atoms with E-state index in [4.69, 9.17) is 15.2 Å². The Labute approximate surface area is 276 Å². The minimum atomic E-state index is -1.52. The van der Waals surface area contributed by atoms with Gasteiger partial charge in [0, 0.05) is 17.7 Å². The second-order valence-electron chi connectivity index (χ2n) is 12.8. The number of carbonyl (C=O) groups excluding carboxylic acids is 6.